The summed E-state index contributed by atoms with van der Waals surface area (Å²) in [5.74, 6) is -0.286. The van der Waals surface area contributed by atoms with Gasteiger partial charge in [-0.1, -0.05) is 48.0 Å². The van der Waals surface area contributed by atoms with Gasteiger partial charge in [-0.15, -0.1) is 0 Å². The molecule has 0 aliphatic rings. The Hall–Kier alpha value is -2.63. The zero-order valence-corrected chi connectivity index (χ0v) is 15.4. The van der Waals surface area contributed by atoms with Gasteiger partial charge in [0, 0.05) is 28.5 Å². The van der Waals surface area contributed by atoms with Crippen molar-refractivity contribution in [2.24, 2.45) is 0 Å². The van der Waals surface area contributed by atoms with E-state index in [9.17, 15) is 9.59 Å². The van der Waals surface area contributed by atoms with Crippen LogP contribution in [0.3, 0.4) is 0 Å². The van der Waals surface area contributed by atoms with Gasteiger partial charge in [0.05, 0.1) is 11.6 Å². The van der Waals surface area contributed by atoms with Gasteiger partial charge in [0.25, 0.3) is 5.91 Å². The minimum Gasteiger partial charge on any atom is -0.350 e. The van der Waals surface area contributed by atoms with Crippen LogP contribution in [0.5, 0.6) is 0 Å². The number of rotatable bonds is 5. The van der Waals surface area contributed by atoms with Gasteiger partial charge in [-0.05, 0) is 31.8 Å². The van der Waals surface area contributed by atoms with Gasteiger partial charge in [-0.25, -0.2) is 0 Å². The quantitative estimate of drug-likeness (QED) is 0.725. The number of hydrogen-bond donors (Lipinski definition) is 2. The average molecular weight is 370 g/mol. The Kier molecular flexibility index (Phi) is 5.40. The minimum atomic E-state index is -0.302. The zero-order valence-electron chi connectivity index (χ0n) is 14.6. The lowest BCUT2D eigenvalue weighted by atomic mass is 10.0. The van der Waals surface area contributed by atoms with Crippen LogP contribution in [0, 0.1) is 0 Å². The van der Waals surface area contributed by atoms with E-state index in [0.717, 1.165) is 5.56 Å². The fourth-order valence-electron chi connectivity index (χ4n) is 2.99. The molecule has 0 unspecified atom stereocenters. The third-order valence-corrected chi connectivity index (χ3v) is 4.68. The van der Waals surface area contributed by atoms with Crippen molar-refractivity contribution in [3.05, 3.63) is 81.1 Å². The van der Waals surface area contributed by atoms with Gasteiger partial charge >= 0.3 is 0 Å². The molecule has 1 amide bonds. The zero-order chi connectivity index (χ0) is 18.7. The lowest BCUT2D eigenvalue weighted by Gasteiger charge is -2.26. The summed E-state index contributed by atoms with van der Waals surface area (Å²) in [5, 5.41) is 4.30. The lowest BCUT2D eigenvalue weighted by molar-refractivity contribution is 0.0943. The molecule has 5 nitrogen and oxygen atoms in total. The predicted molar refractivity (Wildman–Crippen MR) is 105 cm³/mol. The third kappa shape index (κ3) is 3.79. The highest BCUT2D eigenvalue weighted by atomic mass is 35.5. The van der Waals surface area contributed by atoms with Gasteiger partial charge in [-0.2, -0.15) is 0 Å². The number of aromatic nitrogens is 1. The molecule has 3 rings (SSSR count). The molecule has 0 spiro atoms. The molecule has 1 heterocycles. The molecule has 0 bridgehead atoms. The largest absolute Gasteiger partial charge is 0.350 e. The maximum Gasteiger partial charge on any atom is 0.252 e. The Labute approximate surface area is 156 Å². The Bertz CT molecular complexity index is 998. The Morgan fingerprint density at radius 3 is 2.58 bits per heavy atom. The molecular weight excluding hydrogens is 350 g/mol. The predicted octanol–water partition coefficient (Wildman–Crippen LogP) is 3.21. The van der Waals surface area contributed by atoms with Gasteiger partial charge in [0.15, 0.2) is 0 Å². The van der Waals surface area contributed by atoms with Crippen LogP contribution in [0.1, 0.15) is 22.0 Å². The molecule has 0 radical (unpaired) electrons. The van der Waals surface area contributed by atoms with Gasteiger partial charge < -0.3 is 15.2 Å². The van der Waals surface area contributed by atoms with Crippen molar-refractivity contribution in [2.75, 3.05) is 20.6 Å². The normalized spacial score (nSPS) is 12.3. The smallest absolute Gasteiger partial charge is 0.252 e. The van der Waals surface area contributed by atoms with Crippen LogP contribution < -0.4 is 10.9 Å². The second-order valence-corrected chi connectivity index (χ2v) is 6.71. The highest BCUT2D eigenvalue weighted by Crippen LogP contribution is 2.25. The van der Waals surface area contributed by atoms with Crippen LogP contribution in [-0.2, 0) is 0 Å². The molecule has 26 heavy (non-hydrogen) atoms. The molecule has 134 valence electrons. The van der Waals surface area contributed by atoms with E-state index in [-0.39, 0.29) is 17.5 Å². The summed E-state index contributed by atoms with van der Waals surface area (Å²) in [6.45, 7) is 0.372. The number of H-pyrrole nitrogens is 1. The number of nitrogens with one attached hydrogen (secondary N) is 2. The summed E-state index contributed by atoms with van der Waals surface area (Å²) < 4.78 is 0. The van der Waals surface area contributed by atoms with E-state index in [4.69, 9.17) is 11.6 Å². The van der Waals surface area contributed by atoms with E-state index < -0.39 is 0 Å². The Morgan fingerprint density at radius 2 is 1.85 bits per heavy atom. The molecule has 0 saturated heterocycles. The molecule has 0 aliphatic carbocycles. The summed E-state index contributed by atoms with van der Waals surface area (Å²) in [5.41, 5.74) is 1.64. The standard InChI is InChI=1S/C20H20ClN3O2/c1-24(2)18(14-8-3-5-9-16(14)21)12-22-20(26)15-11-19(25)23-17-10-6-4-7-13(15)17/h3-11,18H,12H2,1-2H3,(H,22,26)(H,23,25)/t18-/m0/s1. The van der Waals surface area contributed by atoms with Crippen molar-refractivity contribution in [3.63, 3.8) is 0 Å². The first kappa shape index (κ1) is 18.2. The van der Waals surface area contributed by atoms with Crippen molar-refractivity contribution in [3.8, 4) is 0 Å². The van der Waals surface area contributed by atoms with E-state index in [1.165, 1.54) is 6.07 Å². The van der Waals surface area contributed by atoms with Crippen molar-refractivity contribution >= 4 is 28.4 Å². The number of halogens is 1. The molecule has 0 saturated carbocycles. The Balaban J connectivity index is 1.86. The number of benzene rings is 2. The Morgan fingerprint density at radius 1 is 1.15 bits per heavy atom. The highest BCUT2D eigenvalue weighted by molar-refractivity contribution is 6.31. The molecular formula is C20H20ClN3O2. The summed E-state index contributed by atoms with van der Waals surface area (Å²) in [7, 11) is 3.87. The number of pyridine rings is 1. The molecule has 1 aromatic heterocycles. The van der Waals surface area contributed by atoms with E-state index in [1.54, 1.807) is 6.07 Å². The van der Waals surface area contributed by atoms with Gasteiger partial charge in [0.1, 0.15) is 0 Å². The van der Waals surface area contributed by atoms with Crippen LogP contribution in [0.4, 0.5) is 0 Å². The van der Waals surface area contributed by atoms with Crippen molar-refractivity contribution < 1.29 is 4.79 Å². The van der Waals surface area contributed by atoms with Crippen LogP contribution in [-0.4, -0.2) is 36.4 Å². The van der Waals surface area contributed by atoms with Crippen LogP contribution in [0.15, 0.2) is 59.4 Å². The number of para-hydroxylation sites is 1. The minimum absolute atomic E-state index is 0.0825. The lowest BCUT2D eigenvalue weighted by Crippen LogP contribution is -2.35. The molecule has 0 aliphatic heterocycles. The fourth-order valence-corrected chi connectivity index (χ4v) is 3.25. The molecule has 6 heteroatoms. The van der Waals surface area contributed by atoms with Crippen LogP contribution >= 0.6 is 11.6 Å². The SMILES string of the molecule is CN(C)[C@@H](CNC(=O)c1cc(=O)[nH]c2ccccc12)c1ccccc1Cl. The van der Waals surface area contributed by atoms with Gasteiger partial charge in [0.2, 0.25) is 5.56 Å². The highest BCUT2D eigenvalue weighted by Gasteiger charge is 2.19. The third-order valence-electron chi connectivity index (χ3n) is 4.34. The maximum absolute atomic E-state index is 12.7. The molecule has 3 aromatic rings. The number of carbonyl (C=O) groups is 1. The summed E-state index contributed by atoms with van der Waals surface area (Å²) in [4.78, 5) is 29.3. The number of nitrogens with zero attached hydrogens (tertiary/aromatic N) is 1. The van der Waals surface area contributed by atoms with E-state index in [0.29, 0.717) is 28.0 Å². The first-order valence-corrected chi connectivity index (χ1v) is 8.66. The van der Waals surface area contributed by atoms with Crippen molar-refractivity contribution in [1.82, 2.24) is 15.2 Å². The topological polar surface area (TPSA) is 65.2 Å². The number of amides is 1. The van der Waals surface area contributed by atoms with Crippen LogP contribution in [0.25, 0.3) is 10.9 Å². The summed E-state index contributed by atoms with van der Waals surface area (Å²) in [6.07, 6.45) is 0. The molecule has 1 atom stereocenters. The monoisotopic (exact) mass is 369 g/mol. The number of aromatic amines is 1. The van der Waals surface area contributed by atoms with Crippen molar-refractivity contribution in [1.29, 1.82) is 0 Å². The van der Waals surface area contributed by atoms with Gasteiger partial charge in [-0.3, -0.25) is 9.59 Å². The van der Waals surface area contributed by atoms with E-state index in [1.807, 2.05) is 61.5 Å². The van der Waals surface area contributed by atoms with E-state index in [2.05, 4.69) is 10.3 Å². The molecule has 2 N–H and O–H groups in total. The molecule has 2 aromatic carbocycles. The second-order valence-electron chi connectivity index (χ2n) is 6.30. The number of hydrogen-bond acceptors (Lipinski definition) is 3. The molecule has 0 fully saturated rings. The average Bonchev–Trinajstić information content (AvgIpc) is 2.62. The van der Waals surface area contributed by atoms with E-state index >= 15 is 0 Å². The summed E-state index contributed by atoms with van der Waals surface area (Å²) in [6, 6.07) is 16.1. The number of carbonyl (C=O) groups excluding carboxylic acids is 1. The fraction of sp³-hybridized carbons (Fsp3) is 0.200. The van der Waals surface area contributed by atoms with Crippen molar-refractivity contribution in [2.45, 2.75) is 6.04 Å². The second kappa shape index (κ2) is 7.72. The maximum atomic E-state index is 12.7. The number of fused-ring (bicyclic) bond motifs is 1. The number of likely N-dealkylation sites (N-methyl/N-ethyl adjacent to an activating group) is 1. The van der Waals surface area contributed by atoms with Crippen LogP contribution in [0.2, 0.25) is 5.02 Å². The first-order chi connectivity index (χ1) is 12.5. The first-order valence-electron chi connectivity index (χ1n) is 8.28. The summed E-state index contributed by atoms with van der Waals surface area (Å²) >= 11 is 6.31.